The molecule has 0 unspecified atom stereocenters. The molecule has 2 aromatic rings. The number of rotatable bonds is 5. The lowest BCUT2D eigenvalue weighted by Gasteiger charge is -2.06. The van der Waals surface area contributed by atoms with Gasteiger partial charge in [-0.1, -0.05) is 29.8 Å². The largest absolute Gasteiger partial charge is 0.497 e. The molecule has 0 aliphatic heterocycles. The SMILES string of the molecule is COc1ccc(CC(=O)N[S@@](=O)c2ccc(C)cc2)cc1. The van der Waals surface area contributed by atoms with Crippen LogP contribution in [0.4, 0.5) is 0 Å². The van der Waals surface area contributed by atoms with Crippen LogP contribution in [0.3, 0.4) is 0 Å². The molecule has 0 heterocycles. The molecule has 1 atom stereocenters. The van der Waals surface area contributed by atoms with Crippen molar-refractivity contribution in [2.75, 3.05) is 7.11 Å². The molecule has 5 heteroatoms. The Bertz CT molecular complexity index is 636. The Labute approximate surface area is 126 Å². The molecule has 0 radical (unpaired) electrons. The lowest BCUT2D eigenvalue weighted by Crippen LogP contribution is -2.27. The topological polar surface area (TPSA) is 55.4 Å². The van der Waals surface area contributed by atoms with Crippen LogP contribution < -0.4 is 9.46 Å². The first kappa shape index (κ1) is 15.3. The van der Waals surface area contributed by atoms with Gasteiger partial charge in [0.2, 0.25) is 5.91 Å². The third-order valence-corrected chi connectivity index (χ3v) is 4.08. The Morgan fingerprint density at radius 2 is 1.71 bits per heavy atom. The monoisotopic (exact) mass is 303 g/mol. The summed E-state index contributed by atoms with van der Waals surface area (Å²) in [5.41, 5.74) is 1.93. The van der Waals surface area contributed by atoms with E-state index in [2.05, 4.69) is 4.72 Å². The molecular formula is C16H17NO3S. The van der Waals surface area contributed by atoms with E-state index in [1.54, 1.807) is 31.4 Å². The van der Waals surface area contributed by atoms with Crippen LogP contribution in [0.15, 0.2) is 53.4 Å². The summed E-state index contributed by atoms with van der Waals surface area (Å²) in [5, 5.41) is 0. The molecule has 0 spiro atoms. The summed E-state index contributed by atoms with van der Waals surface area (Å²) in [4.78, 5) is 12.5. The number of hydrogen-bond acceptors (Lipinski definition) is 3. The standard InChI is InChI=1S/C16H17NO3S/c1-12-3-9-15(10-4-12)21(19)17-16(18)11-13-5-7-14(20-2)8-6-13/h3-10H,11H2,1-2H3,(H,17,18)/t21-/m0/s1. The van der Waals surface area contributed by atoms with Crippen molar-refractivity contribution in [3.05, 3.63) is 59.7 Å². The van der Waals surface area contributed by atoms with Gasteiger partial charge in [-0.3, -0.25) is 9.52 Å². The number of carbonyl (C=O) groups excluding carboxylic acids is 1. The molecule has 0 saturated carbocycles. The molecule has 0 aromatic heterocycles. The highest BCUT2D eigenvalue weighted by Gasteiger charge is 2.09. The summed E-state index contributed by atoms with van der Waals surface area (Å²) < 4.78 is 19.6. The number of methoxy groups -OCH3 is 1. The fourth-order valence-corrected chi connectivity index (χ4v) is 2.57. The minimum Gasteiger partial charge on any atom is -0.497 e. The molecule has 110 valence electrons. The third kappa shape index (κ3) is 4.43. The quantitative estimate of drug-likeness (QED) is 0.922. The van der Waals surface area contributed by atoms with Gasteiger partial charge in [0.15, 0.2) is 11.0 Å². The van der Waals surface area contributed by atoms with Crippen molar-refractivity contribution in [1.29, 1.82) is 0 Å². The zero-order valence-corrected chi connectivity index (χ0v) is 12.8. The van der Waals surface area contributed by atoms with Crippen LogP contribution in [0.25, 0.3) is 0 Å². The highest BCUT2D eigenvalue weighted by Crippen LogP contribution is 2.12. The van der Waals surface area contributed by atoms with Gasteiger partial charge in [0.25, 0.3) is 0 Å². The second-order valence-electron chi connectivity index (χ2n) is 4.63. The Morgan fingerprint density at radius 3 is 2.29 bits per heavy atom. The van der Waals surface area contributed by atoms with Gasteiger partial charge in [0, 0.05) is 0 Å². The zero-order chi connectivity index (χ0) is 15.2. The van der Waals surface area contributed by atoms with Crippen LogP contribution in [0.2, 0.25) is 0 Å². The van der Waals surface area contributed by atoms with Crippen LogP contribution in [0.5, 0.6) is 5.75 Å². The Hall–Kier alpha value is -2.14. The molecule has 1 amide bonds. The van der Waals surface area contributed by atoms with Crippen LogP contribution in [-0.2, 0) is 22.2 Å². The number of nitrogens with one attached hydrogen (secondary N) is 1. The molecular weight excluding hydrogens is 286 g/mol. The zero-order valence-electron chi connectivity index (χ0n) is 12.0. The third-order valence-electron chi connectivity index (χ3n) is 2.97. The molecule has 0 fully saturated rings. The number of aryl methyl sites for hydroxylation is 1. The maximum absolute atomic E-state index is 12.0. The van der Waals surface area contributed by atoms with E-state index in [1.807, 2.05) is 31.2 Å². The molecule has 21 heavy (non-hydrogen) atoms. The molecule has 0 bridgehead atoms. The second-order valence-corrected chi connectivity index (χ2v) is 5.84. The van der Waals surface area contributed by atoms with Gasteiger partial charge in [-0.2, -0.15) is 0 Å². The van der Waals surface area contributed by atoms with Crippen LogP contribution in [-0.4, -0.2) is 17.2 Å². The molecule has 1 N–H and O–H groups in total. The van der Waals surface area contributed by atoms with E-state index < -0.39 is 11.0 Å². The number of ether oxygens (including phenoxy) is 1. The number of amides is 1. The first-order valence-electron chi connectivity index (χ1n) is 6.49. The van der Waals surface area contributed by atoms with E-state index in [1.165, 1.54) is 0 Å². The average molecular weight is 303 g/mol. The van der Waals surface area contributed by atoms with Crippen molar-refractivity contribution in [2.24, 2.45) is 0 Å². The van der Waals surface area contributed by atoms with Gasteiger partial charge in [0.1, 0.15) is 5.75 Å². The predicted octanol–water partition coefficient (Wildman–Crippen LogP) is 2.39. The predicted molar refractivity (Wildman–Crippen MR) is 82.4 cm³/mol. The van der Waals surface area contributed by atoms with E-state index in [-0.39, 0.29) is 12.3 Å². The van der Waals surface area contributed by atoms with Crippen molar-refractivity contribution in [3.8, 4) is 5.75 Å². The molecule has 4 nitrogen and oxygen atoms in total. The lowest BCUT2D eigenvalue weighted by molar-refractivity contribution is -0.118. The van der Waals surface area contributed by atoms with Gasteiger partial charge in [0.05, 0.1) is 18.4 Å². The molecule has 0 saturated heterocycles. The summed E-state index contributed by atoms with van der Waals surface area (Å²) in [6.07, 6.45) is 0.182. The molecule has 2 rings (SSSR count). The minimum atomic E-state index is -1.53. The van der Waals surface area contributed by atoms with Gasteiger partial charge < -0.3 is 4.74 Å². The number of benzene rings is 2. The summed E-state index contributed by atoms with van der Waals surface area (Å²) in [7, 11) is 0.0641. The Morgan fingerprint density at radius 1 is 1.10 bits per heavy atom. The summed E-state index contributed by atoms with van der Waals surface area (Å²) in [5.74, 6) is 0.460. The highest BCUT2D eigenvalue weighted by molar-refractivity contribution is 7.83. The number of carbonyl (C=O) groups is 1. The van der Waals surface area contributed by atoms with Crippen LogP contribution in [0, 0.1) is 6.92 Å². The van der Waals surface area contributed by atoms with Crippen molar-refractivity contribution >= 4 is 16.9 Å². The molecule has 0 aliphatic rings. The van der Waals surface area contributed by atoms with E-state index in [0.29, 0.717) is 4.90 Å². The lowest BCUT2D eigenvalue weighted by atomic mass is 10.1. The van der Waals surface area contributed by atoms with Crippen molar-refractivity contribution in [1.82, 2.24) is 4.72 Å². The average Bonchev–Trinajstić information content (AvgIpc) is 2.48. The van der Waals surface area contributed by atoms with Gasteiger partial charge in [-0.25, -0.2) is 4.21 Å². The normalized spacial score (nSPS) is 11.7. The van der Waals surface area contributed by atoms with E-state index in [0.717, 1.165) is 16.9 Å². The maximum Gasteiger partial charge on any atom is 0.236 e. The van der Waals surface area contributed by atoms with Crippen LogP contribution >= 0.6 is 0 Å². The fraction of sp³-hybridized carbons (Fsp3) is 0.188. The smallest absolute Gasteiger partial charge is 0.236 e. The van der Waals surface area contributed by atoms with Crippen molar-refractivity contribution in [2.45, 2.75) is 18.2 Å². The summed E-state index contributed by atoms with van der Waals surface area (Å²) in [6, 6.07) is 14.4. The summed E-state index contributed by atoms with van der Waals surface area (Å²) in [6.45, 7) is 1.95. The van der Waals surface area contributed by atoms with Crippen molar-refractivity contribution in [3.63, 3.8) is 0 Å². The first-order chi connectivity index (χ1) is 10.1. The van der Waals surface area contributed by atoms with Crippen LogP contribution in [0.1, 0.15) is 11.1 Å². The molecule has 2 aromatic carbocycles. The Balaban J connectivity index is 1.94. The fourth-order valence-electron chi connectivity index (χ4n) is 1.79. The van der Waals surface area contributed by atoms with E-state index in [9.17, 15) is 9.00 Å². The highest BCUT2D eigenvalue weighted by atomic mass is 32.2. The van der Waals surface area contributed by atoms with Gasteiger partial charge in [-0.05, 0) is 36.8 Å². The van der Waals surface area contributed by atoms with E-state index in [4.69, 9.17) is 4.74 Å². The van der Waals surface area contributed by atoms with Gasteiger partial charge >= 0.3 is 0 Å². The van der Waals surface area contributed by atoms with Gasteiger partial charge in [-0.15, -0.1) is 0 Å². The Kier molecular flexibility index (Phi) is 5.11. The summed E-state index contributed by atoms with van der Waals surface area (Å²) >= 11 is 0. The number of hydrogen-bond donors (Lipinski definition) is 1. The molecule has 0 aliphatic carbocycles. The van der Waals surface area contributed by atoms with Crippen molar-refractivity contribution < 1.29 is 13.7 Å². The van der Waals surface area contributed by atoms with E-state index >= 15 is 0 Å². The maximum atomic E-state index is 12.0. The first-order valence-corrected chi connectivity index (χ1v) is 7.64. The second kappa shape index (κ2) is 7.04. The minimum absolute atomic E-state index is 0.182.